The summed E-state index contributed by atoms with van der Waals surface area (Å²) in [6, 6.07) is 7.35. The van der Waals surface area contributed by atoms with E-state index in [1.165, 1.54) is 6.26 Å². The molecule has 2 rings (SSSR count). The predicted octanol–water partition coefficient (Wildman–Crippen LogP) is 4.54. The molecule has 0 aliphatic rings. The Morgan fingerprint density at radius 2 is 2.11 bits per heavy atom. The maximum absolute atomic E-state index is 12.7. The Labute approximate surface area is 158 Å². The molecule has 0 amide bonds. The van der Waals surface area contributed by atoms with E-state index >= 15 is 0 Å². The first-order valence-electron chi connectivity index (χ1n) is 8.88. The molecule has 0 fully saturated rings. The molecule has 0 unspecified atom stereocenters. The number of esters is 1. The highest BCUT2D eigenvalue weighted by Crippen LogP contribution is 2.20. The van der Waals surface area contributed by atoms with Gasteiger partial charge in [0.25, 0.3) is 0 Å². The van der Waals surface area contributed by atoms with Crippen LogP contribution in [0.2, 0.25) is 0 Å². The fourth-order valence-electron chi connectivity index (χ4n) is 2.71. The van der Waals surface area contributed by atoms with Crippen molar-refractivity contribution in [3.63, 3.8) is 0 Å². The van der Waals surface area contributed by atoms with Crippen LogP contribution < -0.4 is 5.43 Å². The number of aryl methyl sites for hydroxylation is 1. The van der Waals surface area contributed by atoms with Crippen LogP contribution in [0.15, 0.2) is 50.9 Å². The Hall–Kier alpha value is -3.13. The molecule has 1 aromatic carbocycles. The van der Waals surface area contributed by atoms with Crippen molar-refractivity contribution in [2.45, 2.75) is 34.1 Å². The van der Waals surface area contributed by atoms with Crippen LogP contribution in [-0.2, 0) is 9.53 Å². The van der Waals surface area contributed by atoms with Gasteiger partial charge in [-0.25, -0.2) is 4.79 Å². The standard InChI is InChI=1S/C22H23NO4/c1-5-26-22(25)19(12-23)16(10-14(2)3)7-8-17-13-27-20-9-6-15(4)11-18(20)21(17)24/h6-9,11,13-14H,5,10H2,1-4H3/b8-7+,19-16+. The first-order valence-corrected chi connectivity index (χ1v) is 8.88. The van der Waals surface area contributed by atoms with E-state index in [0.717, 1.165) is 5.56 Å². The summed E-state index contributed by atoms with van der Waals surface area (Å²) in [4.78, 5) is 24.8. The van der Waals surface area contributed by atoms with Gasteiger partial charge in [0, 0.05) is 0 Å². The van der Waals surface area contributed by atoms with Crippen molar-refractivity contribution < 1.29 is 13.9 Å². The summed E-state index contributed by atoms with van der Waals surface area (Å²) in [5.41, 5.74) is 2.18. The first kappa shape index (κ1) is 20.2. The van der Waals surface area contributed by atoms with Gasteiger partial charge in [0.1, 0.15) is 23.5 Å². The van der Waals surface area contributed by atoms with E-state index in [9.17, 15) is 14.9 Å². The number of hydrogen-bond donors (Lipinski definition) is 0. The third kappa shape index (κ3) is 4.95. The molecule has 1 heterocycles. The van der Waals surface area contributed by atoms with Gasteiger partial charge in [-0.2, -0.15) is 5.26 Å². The number of nitriles is 1. The molecule has 0 bridgehead atoms. The molecule has 0 N–H and O–H groups in total. The van der Waals surface area contributed by atoms with Gasteiger partial charge < -0.3 is 9.15 Å². The minimum atomic E-state index is -0.651. The van der Waals surface area contributed by atoms with E-state index in [1.807, 2.05) is 32.9 Å². The van der Waals surface area contributed by atoms with Gasteiger partial charge in [-0.15, -0.1) is 0 Å². The van der Waals surface area contributed by atoms with Crippen LogP contribution in [-0.4, -0.2) is 12.6 Å². The SMILES string of the molecule is CCOC(=O)/C(C#N)=C(\C=C\c1coc2ccc(C)cc2c1=O)CC(C)C. The molecule has 2 aromatic rings. The molecular formula is C22H23NO4. The van der Waals surface area contributed by atoms with Gasteiger partial charge >= 0.3 is 5.97 Å². The average Bonchev–Trinajstić information content (AvgIpc) is 2.61. The number of nitrogens with zero attached hydrogens (tertiary/aromatic N) is 1. The van der Waals surface area contributed by atoms with Crippen LogP contribution in [0.1, 0.15) is 38.3 Å². The molecule has 5 heteroatoms. The number of rotatable bonds is 6. The summed E-state index contributed by atoms with van der Waals surface area (Å²) in [6.07, 6.45) is 5.11. The number of carbonyl (C=O) groups excluding carboxylic acids is 1. The van der Waals surface area contributed by atoms with E-state index in [-0.39, 0.29) is 23.5 Å². The Morgan fingerprint density at radius 3 is 2.74 bits per heavy atom. The zero-order valence-electron chi connectivity index (χ0n) is 16.0. The normalized spacial score (nSPS) is 12.3. The van der Waals surface area contributed by atoms with E-state index < -0.39 is 5.97 Å². The molecule has 27 heavy (non-hydrogen) atoms. The van der Waals surface area contributed by atoms with Gasteiger partial charge in [-0.1, -0.05) is 31.6 Å². The summed E-state index contributed by atoms with van der Waals surface area (Å²) in [5, 5.41) is 9.90. The molecule has 0 atom stereocenters. The lowest BCUT2D eigenvalue weighted by Crippen LogP contribution is -2.10. The van der Waals surface area contributed by atoms with Crippen LogP contribution in [0.4, 0.5) is 0 Å². The van der Waals surface area contributed by atoms with Crippen LogP contribution in [0.3, 0.4) is 0 Å². The number of carbonyl (C=O) groups is 1. The monoisotopic (exact) mass is 365 g/mol. The lowest BCUT2D eigenvalue weighted by molar-refractivity contribution is -0.138. The fraction of sp³-hybridized carbons (Fsp3) is 0.318. The van der Waals surface area contributed by atoms with Crippen molar-refractivity contribution in [2.75, 3.05) is 6.61 Å². The van der Waals surface area contributed by atoms with E-state index in [1.54, 1.807) is 31.2 Å². The number of ether oxygens (including phenoxy) is 1. The molecular weight excluding hydrogens is 342 g/mol. The number of hydrogen-bond acceptors (Lipinski definition) is 5. The second-order valence-corrected chi connectivity index (χ2v) is 6.68. The minimum Gasteiger partial charge on any atom is -0.463 e. The van der Waals surface area contributed by atoms with Crippen molar-refractivity contribution >= 4 is 23.0 Å². The van der Waals surface area contributed by atoms with Gasteiger partial charge in [0.15, 0.2) is 5.43 Å². The van der Waals surface area contributed by atoms with E-state index in [2.05, 4.69) is 0 Å². The van der Waals surface area contributed by atoms with Gasteiger partial charge in [0.2, 0.25) is 0 Å². The lowest BCUT2D eigenvalue weighted by Gasteiger charge is -2.09. The summed E-state index contributed by atoms with van der Waals surface area (Å²) >= 11 is 0. The fourth-order valence-corrected chi connectivity index (χ4v) is 2.71. The van der Waals surface area contributed by atoms with E-state index in [4.69, 9.17) is 9.15 Å². The molecule has 0 aliphatic carbocycles. The molecule has 5 nitrogen and oxygen atoms in total. The van der Waals surface area contributed by atoms with E-state index in [0.29, 0.717) is 28.5 Å². The van der Waals surface area contributed by atoms with Crippen LogP contribution in [0.5, 0.6) is 0 Å². The molecule has 140 valence electrons. The highest BCUT2D eigenvalue weighted by atomic mass is 16.5. The molecule has 0 saturated heterocycles. The number of allylic oxidation sites excluding steroid dienone is 2. The highest BCUT2D eigenvalue weighted by molar-refractivity contribution is 5.94. The van der Waals surface area contributed by atoms with Crippen molar-refractivity contribution in [1.82, 2.24) is 0 Å². The molecule has 0 radical (unpaired) electrons. The maximum atomic E-state index is 12.7. The van der Waals surface area contributed by atoms with Crippen molar-refractivity contribution in [3.8, 4) is 6.07 Å². The second-order valence-electron chi connectivity index (χ2n) is 6.68. The van der Waals surface area contributed by atoms with Crippen LogP contribution >= 0.6 is 0 Å². The molecule has 1 aromatic heterocycles. The minimum absolute atomic E-state index is 0.0391. The third-order valence-corrected chi connectivity index (χ3v) is 3.96. The average molecular weight is 365 g/mol. The van der Waals surface area contributed by atoms with Gasteiger partial charge in [-0.05, 0) is 50.0 Å². The van der Waals surface area contributed by atoms with Crippen molar-refractivity contribution in [1.29, 1.82) is 5.26 Å². The zero-order chi connectivity index (χ0) is 20.0. The second kappa shape index (κ2) is 9.00. The quantitative estimate of drug-likeness (QED) is 0.325. The smallest absolute Gasteiger partial charge is 0.349 e. The predicted molar refractivity (Wildman–Crippen MR) is 105 cm³/mol. The number of benzene rings is 1. The van der Waals surface area contributed by atoms with Crippen LogP contribution in [0, 0.1) is 24.2 Å². The largest absolute Gasteiger partial charge is 0.463 e. The van der Waals surface area contributed by atoms with Gasteiger partial charge in [0.05, 0.1) is 17.6 Å². The van der Waals surface area contributed by atoms with Crippen LogP contribution in [0.25, 0.3) is 17.0 Å². The zero-order valence-corrected chi connectivity index (χ0v) is 16.0. The Balaban J connectivity index is 2.52. The summed E-state index contributed by atoms with van der Waals surface area (Å²) in [5.74, 6) is -0.431. The summed E-state index contributed by atoms with van der Waals surface area (Å²) in [6.45, 7) is 7.76. The highest BCUT2D eigenvalue weighted by Gasteiger charge is 2.16. The molecule has 0 spiro atoms. The number of fused-ring (bicyclic) bond motifs is 1. The maximum Gasteiger partial charge on any atom is 0.349 e. The van der Waals surface area contributed by atoms with Crippen molar-refractivity contribution in [2.24, 2.45) is 5.92 Å². The summed E-state index contributed by atoms with van der Waals surface area (Å²) in [7, 11) is 0. The molecule has 0 saturated carbocycles. The Bertz CT molecular complexity index is 1000. The lowest BCUT2D eigenvalue weighted by atomic mass is 9.97. The van der Waals surface area contributed by atoms with Crippen molar-refractivity contribution in [3.05, 3.63) is 63.0 Å². The van der Waals surface area contributed by atoms with Gasteiger partial charge in [-0.3, -0.25) is 4.79 Å². The Morgan fingerprint density at radius 1 is 1.37 bits per heavy atom. The Kier molecular flexibility index (Phi) is 6.73. The first-order chi connectivity index (χ1) is 12.9. The molecule has 0 aliphatic heterocycles. The summed E-state index contributed by atoms with van der Waals surface area (Å²) < 4.78 is 10.5. The third-order valence-electron chi connectivity index (χ3n) is 3.96. The topological polar surface area (TPSA) is 80.3 Å².